The molecule has 0 fully saturated rings. The van der Waals surface area contributed by atoms with Crippen LogP contribution in [0, 0.1) is 5.92 Å². The van der Waals surface area contributed by atoms with Gasteiger partial charge in [0.25, 0.3) is 0 Å². The fourth-order valence-corrected chi connectivity index (χ4v) is 4.88. The standard InChI is InChI=1S/C21H27N3/c1-5-15-16(6-2)21-23(14(3)4)19-12-9-13-22-20(19)24(21)18-11-8-7-10-17(15)18/h7-16,21H,5-6H2,1-4H3. The number of fused-ring (bicyclic) bond motifs is 5. The molecule has 0 saturated heterocycles. The highest BCUT2D eigenvalue weighted by molar-refractivity contribution is 5.83. The first-order valence-corrected chi connectivity index (χ1v) is 9.30. The third-order valence-electron chi connectivity index (χ3n) is 5.79. The SMILES string of the molecule is CCC1c2ccccc2N2c3ncccc3N(C(C)C)C2C1CC. The first-order valence-electron chi connectivity index (χ1n) is 9.30. The van der Waals surface area contributed by atoms with Gasteiger partial charge >= 0.3 is 0 Å². The summed E-state index contributed by atoms with van der Waals surface area (Å²) < 4.78 is 0. The maximum Gasteiger partial charge on any atom is 0.158 e. The van der Waals surface area contributed by atoms with Gasteiger partial charge in [-0.05, 0) is 56.4 Å². The quantitative estimate of drug-likeness (QED) is 0.764. The number of nitrogens with zero attached hydrogens (tertiary/aromatic N) is 3. The second kappa shape index (κ2) is 5.80. The first-order chi connectivity index (χ1) is 11.7. The molecule has 3 unspecified atom stereocenters. The Kier molecular flexibility index (Phi) is 3.75. The molecular weight excluding hydrogens is 294 g/mol. The normalized spacial score (nSPS) is 24.8. The van der Waals surface area contributed by atoms with Crippen molar-refractivity contribution in [2.24, 2.45) is 5.92 Å². The summed E-state index contributed by atoms with van der Waals surface area (Å²) >= 11 is 0. The Morgan fingerprint density at radius 3 is 2.46 bits per heavy atom. The Hall–Kier alpha value is -2.03. The maximum atomic E-state index is 4.78. The van der Waals surface area contributed by atoms with Gasteiger partial charge < -0.3 is 9.80 Å². The van der Waals surface area contributed by atoms with E-state index in [0.29, 0.717) is 24.0 Å². The molecule has 3 atom stereocenters. The number of aromatic nitrogens is 1. The number of benzene rings is 1. The highest BCUT2D eigenvalue weighted by Crippen LogP contribution is 2.54. The van der Waals surface area contributed by atoms with E-state index < -0.39 is 0 Å². The van der Waals surface area contributed by atoms with Crippen molar-refractivity contribution in [2.45, 2.75) is 58.7 Å². The molecule has 0 spiro atoms. The zero-order chi connectivity index (χ0) is 16.8. The van der Waals surface area contributed by atoms with Gasteiger partial charge in [-0.15, -0.1) is 0 Å². The van der Waals surface area contributed by atoms with Gasteiger partial charge in [0.2, 0.25) is 0 Å². The number of hydrogen-bond donors (Lipinski definition) is 0. The van der Waals surface area contributed by atoms with Gasteiger partial charge in [-0.1, -0.05) is 32.0 Å². The summed E-state index contributed by atoms with van der Waals surface area (Å²) in [4.78, 5) is 9.88. The molecule has 3 nitrogen and oxygen atoms in total. The van der Waals surface area contributed by atoms with Crippen LogP contribution in [-0.2, 0) is 0 Å². The van der Waals surface area contributed by atoms with Crippen LogP contribution in [0.2, 0.25) is 0 Å². The topological polar surface area (TPSA) is 19.4 Å². The fraction of sp³-hybridized carbons (Fsp3) is 0.476. The summed E-state index contributed by atoms with van der Waals surface area (Å²) in [5.41, 5.74) is 4.12. The minimum Gasteiger partial charge on any atom is -0.345 e. The fourth-order valence-electron chi connectivity index (χ4n) is 4.88. The number of rotatable bonds is 3. The summed E-state index contributed by atoms with van der Waals surface area (Å²) in [5.74, 6) is 2.35. The van der Waals surface area contributed by atoms with E-state index in [0.717, 1.165) is 5.82 Å². The van der Waals surface area contributed by atoms with Gasteiger partial charge in [0, 0.05) is 23.8 Å². The van der Waals surface area contributed by atoms with Crippen molar-refractivity contribution in [3.05, 3.63) is 48.2 Å². The third-order valence-corrected chi connectivity index (χ3v) is 5.79. The Morgan fingerprint density at radius 2 is 1.75 bits per heavy atom. The summed E-state index contributed by atoms with van der Waals surface area (Å²) in [6.07, 6.45) is 4.68. The molecule has 0 aliphatic carbocycles. The minimum atomic E-state index is 0.375. The van der Waals surface area contributed by atoms with E-state index in [2.05, 4.69) is 73.9 Å². The van der Waals surface area contributed by atoms with Crippen LogP contribution in [0.3, 0.4) is 0 Å². The molecule has 3 heteroatoms. The number of hydrogen-bond acceptors (Lipinski definition) is 3. The van der Waals surface area contributed by atoms with Crippen LogP contribution in [0.1, 0.15) is 52.0 Å². The second-order valence-corrected chi connectivity index (χ2v) is 7.28. The van der Waals surface area contributed by atoms with Crippen LogP contribution in [0.4, 0.5) is 17.2 Å². The van der Waals surface area contributed by atoms with Crippen LogP contribution in [0.25, 0.3) is 0 Å². The molecule has 2 aliphatic heterocycles. The van der Waals surface area contributed by atoms with Gasteiger partial charge in [0.05, 0.1) is 5.69 Å². The van der Waals surface area contributed by atoms with Crippen molar-refractivity contribution in [1.82, 2.24) is 4.98 Å². The molecule has 3 heterocycles. The van der Waals surface area contributed by atoms with Gasteiger partial charge in [0.15, 0.2) is 5.82 Å². The molecule has 24 heavy (non-hydrogen) atoms. The van der Waals surface area contributed by atoms with Crippen molar-refractivity contribution < 1.29 is 0 Å². The lowest BCUT2D eigenvalue weighted by atomic mass is 9.76. The molecule has 4 rings (SSSR count). The molecule has 0 radical (unpaired) electrons. The predicted molar refractivity (Wildman–Crippen MR) is 101 cm³/mol. The summed E-state index contributed by atoms with van der Waals surface area (Å²) in [7, 11) is 0. The zero-order valence-corrected chi connectivity index (χ0v) is 15.1. The van der Waals surface area contributed by atoms with Gasteiger partial charge in [-0.2, -0.15) is 0 Å². The maximum absolute atomic E-state index is 4.78. The van der Waals surface area contributed by atoms with Crippen molar-refractivity contribution in [2.75, 3.05) is 9.80 Å². The van der Waals surface area contributed by atoms with Crippen molar-refractivity contribution in [3.8, 4) is 0 Å². The molecule has 0 bridgehead atoms. The summed E-state index contributed by atoms with van der Waals surface area (Å²) in [6, 6.07) is 13.7. The van der Waals surface area contributed by atoms with E-state index in [1.54, 1.807) is 0 Å². The minimum absolute atomic E-state index is 0.375. The predicted octanol–water partition coefficient (Wildman–Crippen LogP) is 5.31. The molecule has 0 saturated carbocycles. The monoisotopic (exact) mass is 321 g/mol. The lowest BCUT2D eigenvalue weighted by Crippen LogP contribution is -2.53. The first kappa shape index (κ1) is 15.5. The van der Waals surface area contributed by atoms with Crippen molar-refractivity contribution >= 4 is 17.2 Å². The molecule has 1 aromatic carbocycles. The van der Waals surface area contributed by atoms with Gasteiger partial charge in [-0.25, -0.2) is 4.98 Å². The second-order valence-electron chi connectivity index (χ2n) is 7.28. The Bertz CT molecular complexity index is 739. The largest absolute Gasteiger partial charge is 0.345 e. The van der Waals surface area contributed by atoms with Crippen LogP contribution in [0.5, 0.6) is 0 Å². The Balaban J connectivity index is 1.97. The van der Waals surface area contributed by atoms with E-state index in [-0.39, 0.29) is 0 Å². The highest BCUT2D eigenvalue weighted by Gasteiger charge is 2.49. The van der Waals surface area contributed by atoms with Crippen molar-refractivity contribution in [1.29, 1.82) is 0 Å². The van der Waals surface area contributed by atoms with Crippen LogP contribution < -0.4 is 9.80 Å². The van der Waals surface area contributed by atoms with E-state index in [4.69, 9.17) is 4.98 Å². The van der Waals surface area contributed by atoms with Crippen LogP contribution in [0.15, 0.2) is 42.6 Å². The Labute approximate surface area is 145 Å². The van der Waals surface area contributed by atoms with Crippen molar-refractivity contribution in [3.63, 3.8) is 0 Å². The molecule has 2 aromatic rings. The van der Waals surface area contributed by atoms with Gasteiger partial charge in [-0.3, -0.25) is 0 Å². The summed E-state index contributed by atoms with van der Waals surface area (Å²) in [6.45, 7) is 9.27. The lowest BCUT2D eigenvalue weighted by Gasteiger charge is -2.47. The van der Waals surface area contributed by atoms with E-state index >= 15 is 0 Å². The molecule has 126 valence electrons. The smallest absolute Gasteiger partial charge is 0.158 e. The van der Waals surface area contributed by atoms with Crippen LogP contribution >= 0.6 is 0 Å². The third kappa shape index (κ3) is 2.00. The zero-order valence-electron chi connectivity index (χ0n) is 15.1. The van der Waals surface area contributed by atoms with Crippen LogP contribution in [-0.4, -0.2) is 17.2 Å². The number of anilines is 3. The summed E-state index contributed by atoms with van der Waals surface area (Å²) in [5, 5.41) is 0. The average Bonchev–Trinajstić information content (AvgIpc) is 2.95. The number of pyridine rings is 1. The van der Waals surface area contributed by atoms with E-state index in [1.165, 1.54) is 29.8 Å². The Morgan fingerprint density at radius 1 is 1.00 bits per heavy atom. The van der Waals surface area contributed by atoms with E-state index in [1.807, 2.05) is 6.20 Å². The molecule has 0 amide bonds. The molecule has 1 aromatic heterocycles. The van der Waals surface area contributed by atoms with Gasteiger partial charge in [0.1, 0.15) is 6.17 Å². The number of para-hydroxylation sites is 1. The molecule has 2 aliphatic rings. The average molecular weight is 321 g/mol. The lowest BCUT2D eigenvalue weighted by molar-refractivity contribution is 0.304. The molecule has 0 N–H and O–H groups in total. The van der Waals surface area contributed by atoms with E-state index in [9.17, 15) is 0 Å². The molecular formula is C21H27N3. The highest BCUT2D eigenvalue weighted by atomic mass is 15.5.